The number of H-pyrrole nitrogens is 1. The molecule has 0 amide bonds. The molecule has 0 aliphatic carbocycles. The summed E-state index contributed by atoms with van der Waals surface area (Å²) < 4.78 is 5.41. The van der Waals surface area contributed by atoms with Gasteiger partial charge in [-0.15, -0.1) is 11.3 Å². The van der Waals surface area contributed by atoms with Gasteiger partial charge in [-0.05, 0) is 17.5 Å². The Kier molecular flexibility index (Phi) is 2.63. The van der Waals surface area contributed by atoms with Gasteiger partial charge in [0.15, 0.2) is 0 Å². The SMILES string of the molecule is c1csc(-c2nc(CNc3ccn[nH]3)co2)c1. The molecular formula is C11H10N4OS. The average molecular weight is 246 g/mol. The lowest BCUT2D eigenvalue weighted by molar-refractivity contribution is 0.574. The highest BCUT2D eigenvalue weighted by Gasteiger charge is 2.07. The van der Waals surface area contributed by atoms with Crippen LogP contribution in [0.25, 0.3) is 10.8 Å². The van der Waals surface area contributed by atoms with E-state index in [1.165, 1.54) is 0 Å². The van der Waals surface area contributed by atoms with Crippen molar-refractivity contribution in [1.29, 1.82) is 0 Å². The maximum Gasteiger partial charge on any atom is 0.236 e. The van der Waals surface area contributed by atoms with Crippen LogP contribution in [0.2, 0.25) is 0 Å². The zero-order valence-corrected chi connectivity index (χ0v) is 9.70. The lowest BCUT2D eigenvalue weighted by Crippen LogP contribution is -1.99. The normalized spacial score (nSPS) is 10.6. The van der Waals surface area contributed by atoms with Crippen LogP contribution < -0.4 is 5.32 Å². The third kappa shape index (κ3) is 2.21. The molecule has 0 aliphatic rings. The lowest BCUT2D eigenvalue weighted by Gasteiger charge is -1.97. The van der Waals surface area contributed by atoms with Gasteiger partial charge in [0, 0.05) is 0 Å². The zero-order chi connectivity index (χ0) is 11.5. The average Bonchev–Trinajstić information content (AvgIpc) is 3.09. The van der Waals surface area contributed by atoms with Crippen molar-refractivity contribution in [3.63, 3.8) is 0 Å². The molecule has 0 fully saturated rings. The first-order valence-corrected chi connectivity index (χ1v) is 6.01. The first kappa shape index (κ1) is 10.1. The second-order valence-corrected chi connectivity index (χ2v) is 4.39. The van der Waals surface area contributed by atoms with E-state index >= 15 is 0 Å². The Morgan fingerprint density at radius 2 is 2.41 bits per heavy atom. The predicted molar refractivity (Wildman–Crippen MR) is 65.7 cm³/mol. The minimum atomic E-state index is 0.608. The number of anilines is 1. The number of aromatic nitrogens is 3. The molecule has 3 aromatic rings. The van der Waals surface area contributed by atoms with Crippen molar-refractivity contribution in [3.05, 3.63) is 41.7 Å². The van der Waals surface area contributed by atoms with Gasteiger partial charge in [0.1, 0.15) is 12.1 Å². The van der Waals surface area contributed by atoms with Crippen molar-refractivity contribution < 1.29 is 4.42 Å². The molecule has 5 nitrogen and oxygen atoms in total. The third-order valence-electron chi connectivity index (χ3n) is 2.24. The first-order chi connectivity index (χ1) is 8.42. The summed E-state index contributed by atoms with van der Waals surface area (Å²) in [5, 5.41) is 11.8. The van der Waals surface area contributed by atoms with E-state index in [-0.39, 0.29) is 0 Å². The number of hydrogen-bond donors (Lipinski definition) is 2. The van der Waals surface area contributed by atoms with Crippen LogP contribution in [0.1, 0.15) is 5.69 Å². The van der Waals surface area contributed by atoms with E-state index in [9.17, 15) is 0 Å². The number of oxazole rings is 1. The van der Waals surface area contributed by atoms with E-state index in [1.807, 2.05) is 23.6 Å². The fraction of sp³-hybridized carbons (Fsp3) is 0.0909. The van der Waals surface area contributed by atoms with Gasteiger partial charge in [-0.2, -0.15) is 5.10 Å². The van der Waals surface area contributed by atoms with Gasteiger partial charge >= 0.3 is 0 Å². The second-order valence-electron chi connectivity index (χ2n) is 3.45. The summed E-state index contributed by atoms with van der Waals surface area (Å²) in [6, 6.07) is 5.83. The molecule has 0 spiro atoms. The van der Waals surface area contributed by atoms with Crippen LogP contribution in [0.3, 0.4) is 0 Å². The van der Waals surface area contributed by atoms with E-state index < -0.39 is 0 Å². The Hall–Kier alpha value is -2.08. The molecule has 0 aliphatic heterocycles. The molecule has 2 N–H and O–H groups in total. The maximum atomic E-state index is 5.41. The maximum absolute atomic E-state index is 5.41. The highest BCUT2D eigenvalue weighted by Crippen LogP contribution is 2.23. The quantitative estimate of drug-likeness (QED) is 0.742. The molecule has 0 bridgehead atoms. The Labute approximate surface area is 102 Å². The minimum Gasteiger partial charge on any atom is -0.443 e. The number of nitrogens with one attached hydrogen (secondary N) is 2. The van der Waals surface area contributed by atoms with Gasteiger partial charge in [-0.3, -0.25) is 5.10 Å². The monoisotopic (exact) mass is 246 g/mol. The number of aromatic amines is 1. The molecule has 3 aromatic heterocycles. The predicted octanol–water partition coefficient (Wildman–Crippen LogP) is 2.74. The van der Waals surface area contributed by atoms with Gasteiger partial charge < -0.3 is 9.73 Å². The molecule has 0 saturated heterocycles. The topological polar surface area (TPSA) is 66.7 Å². The van der Waals surface area contributed by atoms with Crippen molar-refractivity contribution in [1.82, 2.24) is 15.2 Å². The zero-order valence-electron chi connectivity index (χ0n) is 8.88. The molecule has 0 radical (unpaired) electrons. The van der Waals surface area contributed by atoms with Gasteiger partial charge in [0.05, 0.1) is 23.3 Å². The Morgan fingerprint density at radius 1 is 1.41 bits per heavy atom. The van der Waals surface area contributed by atoms with Crippen LogP contribution >= 0.6 is 11.3 Å². The van der Waals surface area contributed by atoms with E-state index in [0.29, 0.717) is 12.4 Å². The first-order valence-electron chi connectivity index (χ1n) is 5.13. The summed E-state index contributed by atoms with van der Waals surface area (Å²) in [5.41, 5.74) is 0.864. The van der Waals surface area contributed by atoms with Crippen LogP contribution in [0.4, 0.5) is 5.82 Å². The standard InChI is InChI=1S/C11H10N4OS/c1-2-9(17-5-1)11-14-8(7-16-11)6-12-10-3-4-13-15-10/h1-5,7H,6H2,(H2,12,13,15). The summed E-state index contributed by atoms with van der Waals surface area (Å²) in [6.07, 6.45) is 3.36. The summed E-state index contributed by atoms with van der Waals surface area (Å²) in [6.45, 7) is 0.608. The molecule has 3 heterocycles. The van der Waals surface area contributed by atoms with Crippen LogP contribution in [-0.2, 0) is 6.54 Å². The summed E-state index contributed by atoms with van der Waals surface area (Å²) >= 11 is 1.61. The molecule has 0 atom stereocenters. The smallest absolute Gasteiger partial charge is 0.236 e. The summed E-state index contributed by atoms with van der Waals surface area (Å²) in [7, 11) is 0. The van der Waals surface area contributed by atoms with Crippen LogP contribution in [0.5, 0.6) is 0 Å². The molecule has 17 heavy (non-hydrogen) atoms. The lowest BCUT2D eigenvalue weighted by atomic mass is 10.4. The summed E-state index contributed by atoms with van der Waals surface area (Å²) in [5.74, 6) is 1.53. The third-order valence-corrected chi connectivity index (χ3v) is 3.10. The van der Waals surface area contributed by atoms with Crippen molar-refractivity contribution >= 4 is 17.2 Å². The van der Waals surface area contributed by atoms with Crippen LogP contribution in [-0.4, -0.2) is 15.2 Å². The van der Waals surface area contributed by atoms with E-state index in [0.717, 1.165) is 16.4 Å². The van der Waals surface area contributed by atoms with Crippen molar-refractivity contribution in [3.8, 4) is 10.8 Å². The van der Waals surface area contributed by atoms with E-state index in [4.69, 9.17) is 4.42 Å². The molecule has 0 aromatic carbocycles. The largest absolute Gasteiger partial charge is 0.443 e. The van der Waals surface area contributed by atoms with Crippen molar-refractivity contribution in [2.75, 3.05) is 5.32 Å². The Bertz CT molecular complexity index is 570. The molecule has 0 unspecified atom stereocenters. The van der Waals surface area contributed by atoms with Crippen LogP contribution in [0, 0.1) is 0 Å². The van der Waals surface area contributed by atoms with Crippen molar-refractivity contribution in [2.45, 2.75) is 6.54 Å². The van der Waals surface area contributed by atoms with Gasteiger partial charge in [0.25, 0.3) is 0 Å². The molecule has 6 heteroatoms. The van der Waals surface area contributed by atoms with Crippen LogP contribution in [0.15, 0.2) is 40.5 Å². The fourth-order valence-electron chi connectivity index (χ4n) is 1.44. The fourth-order valence-corrected chi connectivity index (χ4v) is 2.10. The molecule has 86 valence electrons. The highest BCUT2D eigenvalue weighted by molar-refractivity contribution is 7.13. The second kappa shape index (κ2) is 4.42. The number of hydrogen-bond acceptors (Lipinski definition) is 5. The van der Waals surface area contributed by atoms with E-state index in [2.05, 4.69) is 20.5 Å². The number of rotatable bonds is 4. The molecular weight excluding hydrogens is 236 g/mol. The minimum absolute atomic E-state index is 0.608. The number of thiophene rings is 1. The van der Waals surface area contributed by atoms with E-state index in [1.54, 1.807) is 23.8 Å². The highest BCUT2D eigenvalue weighted by atomic mass is 32.1. The molecule has 3 rings (SSSR count). The van der Waals surface area contributed by atoms with Crippen molar-refractivity contribution in [2.24, 2.45) is 0 Å². The van der Waals surface area contributed by atoms with Gasteiger partial charge in [-0.1, -0.05) is 6.07 Å². The van der Waals surface area contributed by atoms with Gasteiger partial charge in [0.2, 0.25) is 5.89 Å². The number of nitrogens with zero attached hydrogens (tertiary/aromatic N) is 2. The Morgan fingerprint density at radius 3 is 3.18 bits per heavy atom. The van der Waals surface area contributed by atoms with Gasteiger partial charge in [-0.25, -0.2) is 4.98 Å². The molecule has 0 saturated carbocycles. The Balaban J connectivity index is 1.69. The summed E-state index contributed by atoms with van der Waals surface area (Å²) in [4.78, 5) is 5.44.